The van der Waals surface area contributed by atoms with Crippen LogP contribution in [0.4, 0.5) is 5.69 Å². The molecule has 0 fully saturated rings. The molecule has 0 aliphatic carbocycles. The third kappa shape index (κ3) is 3.63. The van der Waals surface area contributed by atoms with Crippen LogP contribution >= 0.6 is 0 Å². The summed E-state index contributed by atoms with van der Waals surface area (Å²) in [5.41, 5.74) is 4.99. The van der Waals surface area contributed by atoms with Crippen LogP contribution in [0.5, 0.6) is 17.2 Å². The number of phenolic OH excluding ortho intramolecular Hbond substituents is 1. The molecule has 0 radical (unpaired) electrons. The molecule has 1 aliphatic heterocycles. The highest BCUT2D eigenvalue weighted by Crippen LogP contribution is 2.41. The van der Waals surface area contributed by atoms with Crippen LogP contribution in [0.2, 0.25) is 0 Å². The van der Waals surface area contributed by atoms with Gasteiger partial charge in [0.1, 0.15) is 17.2 Å². The summed E-state index contributed by atoms with van der Waals surface area (Å²) < 4.78 is 10.7. The predicted molar refractivity (Wildman–Crippen MR) is 111 cm³/mol. The Labute approximate surface area is 166 Å². The van der Waals surface area contributed by atoms with E-state index in [0.717, 1.165) is 30.9 Å². The van der Waals surface area contributed by atoms with E-state index in [2.05, 4.69) is 29.2 Å². The van der Waals surface area contributed by atoms with Crippen molar-refractivity contribution < 1.29 is 14.6 Å². The summed E-state index contributed by atoms with van der Waals surface area (Å²) in [7, 11) is 3.40. The molecule has 144 valence electrons. The quantitative estimate of drug-likeness (QED) is 0.673. The number of hydrogen-bond acceptors (Lipinski definition) is 4. The lowest BCUT2D eigenvalue weighted by Gasteiger charge is -2.39. The van der Waals surface area contributed by atoms with E-state index in [1.807, 2.05) is 30.3 Å². The first-order valence-corrected chi connectivity index (χ1v) is 9.53. The third-order valence-corrected chi connectivity index (χ3v) is 5.45. The number of phenols is 1. The Hall–Kier alpha value is -3.14. The van der Waals surface area contributed by atoms with E-state index in [0.29, 0.717) is 5.75 Å². The van der Waals surface area contributed by atoms with Crippen molar-refractivity contribution in [1.82, 2.24) is 0 Å². The number of rotatable bonds is 5. The van der Waals surface area contributed by atoms with Gasteiger partial charge in [0.2, 0.25) is 0 Å². The minimum Gasteiger partial charge on any atom is -0.508 e. The van der Waals surface area contributed by atoms with Gasteiger partial charge in [-0.05, 0) is 72.0 Å². The van der Waals surface area contributed by atoms with E-state index < -0.39 is 0 Å². The van der Waals surface area contributed by atoms with Crippen molar-refractivity contribution in [2.45, 2.75) is 25.4 Å². The average molecular weight is 375 g/mol. The molecule has 4 nitrogen and oxygen atoms in total. The lowest BCUT2D eigenvalue weighted by Crippen LogP contribution is -2.32. The minimum absolute atomic E-state index is 0.278. The Morgan fingerprint density at radius 2 is 1.57 bits per heavy atom. The Morgan fingerprint density at radius 3 is 2.25 bits per heavy atom. The molecule has 1 unspecified atom stereocenters. The predicted octanol–water partition coefficient (Wildman–Crippen LogP) is 5.10. The standard InChI is InChI=1S/C24H25NO3/c1-27-21-10-5-18(6-11-21)23-13-7-19-15-22(28-2)12-14-24(19)25(23)16-17-3-8-20(26)9-4-17/h3-6,8-12,14-15,23,26H,7,13,16H2,1-2H3. The van der Waals surface area contributed by atoms with Gasteiger partial charge >= 0.3 is 0 Å². The van der Waals surface area contributed by atoms with Crippen molar-refractivity contribution in [3.05, 3.63) is 83.4 Å². The van der Waals surface area contributed by atoms with Gasteiger partial charge in [-0.25, -0.2) is 0 Å². The highest BCUT2D eigenvalue weighted by Gasteiger charge is 2.28. The maximum absolute atomic E-state index is 9.62. The average Bonchev–Trinajstić information content (AvgIpc) is 2.75. The molecule has 0 aromatic heterocycles. The summed E-state index contributed by atoms with van der Waals surface area (Å²) in [6.07, 6.45) is 2.04. The number of hydrogen-bond donors (Lipinski definition) is 1. The molecule has 4 rings (SSSR count). The molecule has 0 saturated heterocycles. The van der Waals surface area contributed by atoms with Crippen molar-refractivity contribution >= 4 is 5.69 Å². The molecule has 0 spiro atoms. The Kier molecular flexibility index (Phi) is 5.11. The number of anilines is 1. The smallest absolute Gasteiger partial charge is 0.119 e. The molecule has 1 atom stereocenters. The van der Waals surface area contributed by atoms with Gasteiger partial charge in [-0.1, -0.05) is 24.3 Å². The minimum atomic E-state index is 0.278. The summed E-state index contributed by atoms with van der Waals surface area (Å²) >= 11 is 0. The molecule has 1 N–H and O–H groups in total. The van der Waals surface area contributed by atoms with Gasteiger partial charge in [0.05, 0.1) is 20.3 Å². The van der Waals surface area contributed by atoms with Crippen molar-refractivity contribution in [2.75, 3.05) is 19.1 Å². The number of methoxy groups -OCH3 is 2. The summed E-state index contributed by atoms with van der Waals surface area (Å²) in [5, 5.41) is 9.62. The van der Waals surface area contributed by atoms with E-state index in [4.69, 9.17) is 9.47 Å². The highest BCUT2D eigenvalue weighted by atomic mass is 16.5. The Balaban J connectivity index is 1.72. The van der Waals surface area contributed by atoms with Crippen molar-refractivity contribution in [3.8, 4) is 17.2 Å². The summed E-state index contributed by atoms with van der Waals surface area (Å²) in [5.74, 6) is 2.06. The molecule has 3 aromatic rings. The molecule has 0 amide bonds. The zero-order valence-corrected chi connectivity index (χ0v) is 16.3. The zero-order chi connectivity index (χ0) is 19.5. The number of nitrogens with zero attached hydrogens (tertiary/aromatic N) is 1. The number of ether oxygens (including phenoxy) is 2. The van der Waals surface area contributed by atoms with Gasteiger partial charge in [0.25, 0.3) is 0 Å². The Bertz CT molecular complexity index is 935. The summed E-state index contributed by atoms with van der Waals surface area (Å²) in [6, 6.07) is 22.4. The van der Waals surface area contributed by atoms with Crippen LogP contribution in [-0.4, -0.2) is 19.3 Å². The lowest BCUT2D eigenvalue weighted by molar-refractivity contribution is 0.413. The van der Waals surface area contributed by atoms with Crippen LogP contribution < -0.4 is 14.4 Å². The molecule has 28 heavy (non-hydrogen) atoms. The van der Waals surface area contributed by atoms with Crippen LogP contribution in [0.15, 0.2) is 66.7 Å². The normalized spacial score (nSPS) is 15.8. The second kappa shape index (κ2) is 7.85. The molecule has 3 aromatic carbocycles. The molecule has 0 bridgehead atoms. The summed E-state index contributed by atoms with van der Waals surface area (Å²) in [6.45, 7) is 0.774. The van der Waals surface area contributed by atoms with E-state index in [9.17, 15) is 5.11 Å². The van der Waals surface area contributed by atoms with Gasteiger partial charge < -0.3 is 19.5 Å². The molecule has 0 saturated carbocycles. The highest BCUT2D eigenvalue weighted by molar-refractivity contribution is 5.60. The van der Waals surface area contributed by atoms with Gasteiger partial charge in [-0.15, -0.1) is 0 Å². The number of aryl methyl sites for hydroxylation is 1. The van der Waals surface area contributed by atoms with Crippen LogP contribution in [0.3, 0.4) is 0 Å². The van der Waals surface area contributed by atoms with Gasteiger partial charge in [0.15, 0.2) is 0 Å². The van der Waals surface area contributed by atoms with Crippen LogP contribution in [0.25, 0.3) is 0 Å². The van der Waals surface area contributed by atoms with Crippen molar-refractivity contribution in [1.29, 1.82) is 0 Å². The van der Waals surface area contributed by atoms with E-state index in [1.54, 1.807) is 26.4 Å². The first-order chi connectivity index (χ1) is 13.7. The molecule has 1 heterocycles. The second-order valence-corrected chi connectivity index (χ2v) is 7.12. The van der Waals surface area contributed by atoms with E-state index in [1.165, 1.54) is 22.4 Å². The van der Waals surface area contributed by atoms with Gasteiger partial charge in [-0.3, -0.25) is 0 Å². The summed E-state index contributed by atoms with van der Waals surface area (Å²) in [4.78, 5) is 2.45. The second-order valence-electron chi connectivity index (χ2n) is 7.12. The fraction of sp³-hybridized carbons (Fsp3) is 0.250. The van der Waals surface area contributed by atoms with Gasteiger partial charge in [0, 0.05) is 12.2 Å². The first-order valence-electron chi connectivity index (χ1n) is 9.53. The maximum Gasteiger partial charge on any atom is 0.119 e. The molecular weight excluding hydrogens is 350 g/mol. The lowest BCUT2D eigenvalue weighted by atomic mass is 9.90. The fourth-order valence-electron chi connectivity index (χ4n) is 3.95. The number of aromatic hydroxyl groups is 1. The van der Waals surface area contributed by atoms with Crippen LogP contribution in [0, 0.1) is 0 Å². The first kappa shape index (κ1) is 18.2. The zero-order valence-electron chi connectivity index (χ0n) is 16.3. The van der Waals surface area contributed by atoms with Crippen molar-refractivity contribution in [3.63, 3.8) is 0 Å². The molecular formula is C24H25NO3. The molecule has 1 aliphatic rings. The van der Waals surface area contributed by atoms with Crippen LogP contribution in [0.1, 0.15) is 29.2 Å². The van der Waals surface area contributed by atoms with E-state index in [-0.39, 0.29) is 6.04 Å². The Morgan fingerprint density at radius 1 is 0.893 bits per heavy atom. The van der Waals surface area contributed by atoms with E-state index >= 15 is 0 Å². The molecule has 4 heteroatoms. The fourth-order valence-corrected chi connectivity index (χ4v) is 3.95. The largest absolute Gasteiger partial charge is 0.508 e. The van der Waals surface area contributed by atoms with Crippen molar-refractivity contribution in [2.24, 2.45) is 0 Å². The van der Waals surface area contributed by atoms with Crippen LogP contribution in [-0.2, 0) is 13.0 Å². The number of fused-ring (bicyclic) bond motifs is 1. The van der Waals surface area contributed by atoms with Gasteiger partial charge in [-0.2, -0.15) is 0 Å². The number of benzene rings is 3. The SMILES string of the molecule is COc1ccc(C2CCc3cc(OC)ccc3N2Cc2ccc(O)cc2)cc1. The maximum atomic E-state index is 9.62. The topological polar surface area (TPSA) is 41.9 Å². The third-order valence-electron chi connectivity index (χ3n) is 5.45. The monoisotopic (exact) mass is 375 g/mol.